The summed E-state index contributed by atoms with van der Waals surface area (Å²) in [5.41, 5.74) is 6.76. The molecule has 0 amide bonds. The minimum absolute atomic E-state index is 0.218. The highest BCUT2D eigenvalue weighted by molar-refractivity contribution is 7.86. The molecule has 0 spiro atoms. The summed E-state index contributed by atoms with van der Waals surface area (Å²) in [6.45, 7) is 0. The molecule has 3 nitrogen and oxygen atoms in total. The highest BCUT2D eigenvalue weighted by Gasteiger charge is 2.44. The zero-order valence-electron chi connectivity index (χ0n) is 20.9. The van der Waals surface area contributed by atoms with E-state index in [9.17, 15) is 17.6 Å². The summed E-state index contributed by atoms with van der Waals surface area (Å²) in [5, 5.41) is 0. The molecule has 1 aliphatic carbocycles. The van der Waals surface area contributed by atoms with Crippen molar-refractivity contribution in [3.63, 3.8) is 0 Å². The number of hydrogen-bond acceptors (Lipinski definition) is 2. The van der Waals surface area contributed by atoms with Crippen LogP contribution >= 0.6 is 0 Å². The number of halogens is 4. The lowest BCUT2D eigenvalue weighted by Gasteiger charge is -2.21. The van der Waals surface area contributed by atoms with Crippen LogP contribution in [0, 0.1) is 5.82 Å². The molecule has 5 aromatic rings. The first-order valence-corrected chi connectivity index (χ1v) is 13.7. The molecular formula is C32H22F4O3S. The Hall–Kier alpha value is -4.27. The molecule has 0 atom stereocenters. The summed E-state index contributed by atoms with van der Waals surface area (Å²) >= 11 is 0. The average molecular weight is 563 g/mol. The minimum atomic E-state index is -5.84. The van der Waals surface area contributed by atoms with Gasteiger partial charge in [-0.15, -0.1) is 0 Å². The van der Waals surface area contributed by atoms with Crippen LogP contribution in [0.15, 0.2) is 115 Å². The molecule has 40 heavy (non-hydrogen) atoms. The molecular weight excluding hydrogens is 540 g/mol. The van der Waals surface area contributed by atoms with E-state index in [-0.39, 0.29) is 5.82 Å². The lowest BCUT2D eigenvalue weighted by atomic mass is 9.82. The van der Waals surface area contributed by atoms with Crippen molar-refractivity contribution in [3.05, 3.63) is 132 Å². The Labute approximate surface area is 229 Å². The number of rotatable bonds is 3. The lowest BCUT2D eigenvalue weighted by Crippen LogP contribution is -2.21. The minimum Gasteiger partial charge on any atom is -0.279 e. The van der Waals surface area contributed by atoms with Crippen LogP contribution in [0.1, 0.15) is 11.1 Å². The summed E-state index contributed by atoms with van der Waals surface area (Å²) < 4.78 is 71.3. The maximum atomic E-state index is 13.8. The van der Waals surface area contributed by atoms with E-state index in [2.05, 4.69) is 84.9 Å². The van der Waals surface area contributed by atoms with Crippen molar-refractivity contribution in [2.75, 3.05) is 0 Å². The number of fused-ring (bicyclic) bond motifs is 3. The third kappa shape index (κ3) is 5.41. The second kappa shape index (κ2) is 10.7. The van der Waals surface area contributed by atoms with Gasteiger partial charge in [0.2, 0.25) is 0 Å². The van der Waals surface area contributed by atoms with E-state index in [0.29, 0.717) is 0 Å². The van der Waals surface area contributed by atoms with Crippen LogP contribution in [-0.2, 0) is 16.5 Å². The summed E-state index contributed by atoms with van der Waals surface area (Å²) in [7, 11) is -5.84. The van der Waals surface area contributed by atoms with Gasteiger partial charge in [0, 0.05) is 0 Å². The monoisotopic (exact) mass is 562 g/mol. The van der Waals surface area contributed by atoms with E-state index in [0.717, 1.165) is 17.5 Å². The van der Waals surface area contributed by atoms with Crippen LogP contribution in [0.2, 0.25) is 0 Å². The number of alkyl halides is 3. The van der Waals surface area contributed by atoms with Gasteiger partial charge in [-0.2, -0.15) is 21.6 Å². The molecule has 0 unspecified atom stereocenters. The lowest BCUT2D eigenvalue weighted by molar-refractivity contribution is -0.0510. The van der Waals surface area contributed by atoms with Crippen molar-refractivity contribution in [3.8, 4) is 44.5 Å². The van der Waals surface area contributed by atoms with Crippen LogP contribution in [-0.4, -0.2) is 18.5 Å². The average Bonchev–Trinajstić information content (AvgIpc) is 3.31. The van der Waals surface area contributed by atoms with Gasteiger partial charge in [-0.25, -0.2) is 4.39 Å². The maximum Gasteiger partial charge on any atom is 0.522 e. The molecule has 202 valence electrons. The van der Waals surface area contributed by atoms with Crippen LogP contribution < -0.4 is 0 Å². The first kappa shape index (κ1) is 27.3. The molecule has 0 bridgehead atoms. The molecule has 1 aliphatic rings. The number of hydrogen-bond donors (Lipinski definition) is 1. The Balaban J connectivity index is 0.000000355. The fourth-order valence-electron chi connectivity index (χ4n) is 4.96. The quantitative estimate of drug-likeness (QED) is 0.133. The Morgan fingerprint density at radius 2 is 1.10 bits per heavy atom. The van der Waals surface area contributed by atoms with Gasteiger partial charge in [-0.1, -0.05) is 97.1 Å². The van der Waals surface area contributed by atoms with E-state index in [4.69, 9.17) is 13.0 Å². The molecule has 0 saturated carbocycles. The molecule has 0 aromatic heterocycles. The largest absolute Gasteiger partial charge is 0.522 e. The van der Waals surface area contributed by atoms with E-state index < -0.39 is 15.6 Å². The zero-order chi connectivity index (χ0) is 28.5. The van der Waals surface area contributed by atoms with Crippen molar-refractivity contribution >= 4 is 10.1 Å². The maximum absolute atomic E-state index is 13.8. The van der Waals surface area contributed by atoms with Gasteiger partial charge >= 0.3 is 15.6 Å². The van der Waals surface area contributed by atoms with Crippen LogP contribution in [0.25, 0.3) is 44.5 Å². The normalized spacial score (nSPS) is 12.2. The second-order valence-electron chi connectivity index (χ2n) is 9.19. The van der Waals surface area contributed by atoms with Gasteiger partial charge in [-0.05, 0) is 80.3 Å². The van der Waals surface area contributed by atoms with E-state index in [1.54, 1.807) is 12.1 Å². The standard InChI is InChI=1S/C31H21F.CHF3O3S/c32-25-17-15-21(16-18-25)27-20-28-26-14-8-7-13-24(26)19-29(28)31(23-11-5-2-6-12-23)30(27)22-9-3-1-4-10-22;2-1(3,4)8(5,6)7/h1-18,20H,19H2;(H,5,6,7). The highest BCUT2D eigenvalue weighted by Crippen LogP contribution is 2.50. The third-order valence-corrected chi connectivity index (χ3v) is 7.27. The Kier molecular flexibility index (Phi) is 7.31. The molecule has 5 aromatic carbocycles. The van der Waals surface area contributed by atoms with Crippen molar-refractivity contribution < 1.29 is 30.5 Å². The molecule has 8 heteroatoms. The van der Waals surface area contributed by atoms with E-state index >= 15 is 0 Å². The van der Waals surface area contributed by atoms with Crippen molar-refractivity contribution in [2.24, 2.45) is 0 Å². The molecule has 0 saturated heterocycles. The van der Waals surface area contributed by atoms with E-state index in [1.165, 1.54) is 44.5 Å². The van der Waals surface area contributed by atoms with E-state index in [1.807, 2.05) is 18.2 Å². The van der Waals surface area contributed by atoms with Gasteiger partial charge in [0.05, 0.1) is 0 Å². The Bertz CT molecular complexity index is 1770. The molecule has 0 aliphatic heterocycles. The molecule has 1 N–H and O–H groups in total. The van der Waals surface area contributed by atoms with Crippen molar-refractivity contribution in [1.29, 1.82) is 0 Å². The Morgan fingerprint density at radius 3 is 1.65 bits per heavy atom. The summed E-state index contributed by atoms with van der Waals surface area (Å²) in [6.07, 6.45) is 0.916. The molecule has 0 radical (unpaired) electrons. The zero-order valence-corrected chi connectivity index (χ0v) is 21.7. The van der Waals surface area contributed by atoms with Gasteiger partial charge in [-0.3, -0.25) is 4.55 Å². The summed E-state index contributed by atoms with van der Waals surface area (Å²) in [4.78, 5) is 0. The SMILES string of the molecule is Fc1ccc(-c2cc3c(c(-c4ccccc4)c2-c2ccccc2)Cc2ccccc2-3)cc1.O=S(=O)(O)C(F)(F)F. The molecule has 0 heterocycles. The fraction of sp³-hybridized carbons (Fsp3) is 0.0625. The van der Waals surface area contributed by atoms with Gasteiger partial charge in [0.1, 0.15) is 5.82 Å². The van der Waals surface area contributed by atoms with Crippen molar-refractivity contribution in [2.45, 2.75) is 11.9 Å². The van der Waals surface area contributed by atoms with Crippen molar-refractivity contribution in [1.82, 2.24) is 0 Å². The van der Waals surface area contributed by atoms with Crippen LogP contribution in [0.3, 0.4) is 0 Å². The fourth-order valence-corrected chi connectivity index (χ4v) is 4.96. The first-order chi connectivity index (χ1) is 19.0. The highest BCUT2D eigenvalue weighted by atomic mass is 32.2. The first-order valence-electron chi connectivity index (χ1n) is 12.2. The third-order valence-electron chi connectivity index (χ3n) is 6.68. The predicted molar refractivity (Wildman–Crippen MR) is 149 cm³/mol. The smallest absolute Gasteiger partial charge is 0.279 e. The van der Waals surface area contributed by atoms with Gasteiger partial charge in [0.25, 0.3) is 0 Å². The molecule has 0 fully saturated rings. The van der Waals surface area contributed by atoms with Crippen LogP contribution in [0.4, 0.5) is 17.6 Å². The Morgan fingerprint density at radius 1 is 0.600 bits per heavy atom. The van der Waals surface area contributed by atoms with Crippen LogP contribution in [0.5, 0.6) is 0 Å². The molecule has 6 rings (SSSR count). The number of benzene rings is 5. The van der Waals surface area contributed by atoms with Gasteiger partial charge < -0.3 is 0 Å². The topological polar surface area (TPSA) is 54.4 Å². The predicted octanol–water partition coefficient (Wildman–Crippen LogP) is 8.79. The second-order valence-corrected chi connectivity index (χ2v) is 10.6. The summed E-state index contributed by atoms with van der Waals surface area (Å²) in [6, 6.07) is 39.1. The van der Waals surface area contributed by atoms with Gasteiger partial charge in [0.15, 0.2) is 0 Å². The summed E-state index contributed by atoms with van der Waals surface area (Å²) in [5.74, 6) is -0.218.